The predicted octanol–water partition coefficient (Wildman–Crippen LogP) is 7.42. The standard InChI is InChI=1S/C32H37NO4/c1-32(2,3)26-16-14-23(15-17-26)25-11-8-12-27(21-25)33-30(34)20-22-13-18-28(29(19-22)36-4)37-31(35)24-9-6-5-7-10-24/h5-13,18-19,21,23,26H,14-17,20H2,1-4H3,(H,33,34). The number of nitrogens with one attached hydrogen (secondary N) is 1. The van der Waals surface area contributed by atoms with Crippen LogP contribution in [-0.2, 0) is 11.2 Å². The van der Waals surface area contributed by atoms with E-state index in [-0.39, 0.29) is 12.3 Å². The van der Waals surface area contributed by atoms with Gasteiger partial charge in [-0.1, -0.05) is 57.2 Å². The van der Waals surface area contributed by atoms with Gasteiger partial charge in [0.2, 0.25) is 5.91 Å². The van der Waals surface area contributed by atoms with Crippen LogP contribution in [0.25, 0.3) is 0 Å². The maximum Gasteiger partial charge on any atom is 0.343 e. The van der Waals surface area contributed by atoms with E-state index in [0.29, 0.717) is 28.4 Å². The van der Waals surface area contributed by atoms with Gasteiger partial charge in [-0.25, -0.2) is 4.79 Å². The second kappa shape index (κ2) is 11.6. The highest BCUT2D eigenvalue weighted by Crippen LogP contribution is 2.43. The second-order valence-corrected chi connectivity index (χ2v) is 11.0. The largest absolute Gasteiger partial charge is 0.493 e. The van der Waals surface area contributed by atoms with Crippen LogP contribution in [0.15, 0.2) is 72.8 Å². The molecule has 1 fully saturated rings. The number of hydrogen-bond acceptors (Lipinski definition) is 4. The van der Waals surface area contributed by atoms with Crippen LogP contribution in [0.4, 0.5) is 5.69 Å². The van der Waals surface area contributed by atoms with E-state index < -0.39 is 5.97 Å². The third-order valence-electron chi connectivity index (χ3n) is 7.40. The maximum atomic E-state index is 12.8. The van der Waals surface area contributed by atoms with E-state index in [1.165, 1.54) is 38.4 Å². The van der Waals surface area contributed by atoms with Crippen LogP contribution in [0.3, 0.4) is 0 Å². The number of rotatable bonds is 7. The Labute approximate surface area is 220 Å². The van der Waals surface area contributed by atoms with Gasteiger partial charge >= 0.3 is 5.97 Å². The quantitative estimate of drug-likeness (QED) is 0.271. The lowest BCUT2D eigenvalue weighted by Gasteiger charge is -2.37. The molecule has 0 spiro atoms. The van der Waals surface area contributed by atoms with E-state index in [0.717, 1.165) is 17.2 Å². The average molecular weight is 500 g/mol. The van der Waals surface area contributed by atoms with E-state index in [1.54, 1.807) is 42.5 Å². The van der Waals surface area contributed by atoms with Gasteiger partial charge in [-0.3, -0.25) is 4.79 Å². The smallest absolute Gasteiger partial charge is 0.343 e. The Morgan fingerprint density at radius 2 is 1.59 bits per heavy atom. The monoisotopic (exact) mass is 499 g/mol. The molecular weight excluding hydrogens is 462 g/mol. The van der Waals surface area contributed by atoms with Crippen molar-refractivity contribution in [3.05, 3.63) is 89.5 Å². The summed E-state index contributed by atoms with van der Waals surface area (Å²) < 4.78 is 10.9. The van der Waals surface area contributed by atoms with E-state index in [2.05, 4.69) is 38.2 Å². The fourth-order valence-corrected chi connectivity index (χ4v) is 5.19. The Bertz CT molecular complexity index is 1220. The second-order valence-electron chi connectivity index (χ2n) is 11.0. The van der Waals surface area contributed by atoms with Gasteiger partial charge in [-0.2, -0.15) is 0 Å². The van der Waals surface area contributed by atoms with Crippen molar-refractivity contribution in [1.29, 1.82) is 0 Å². The molecular formula is C32H37NO4. The van der Waals surface area contributed by atoms with Crippen LogP contribution >= 0.6 is 0 Å². The summed E-state index contributed by atoms with van der Waals surface area (Å²) in [6.07, 6.45) is 5.08. The molecule has 1 N–H and O–H groups in total. The summed E-state index contributed by atoms with van der Waals surface area (Å²) in [5.74, 6) is 1.47. The zero-order valence-electron chi connectivity index (χ0n) is 22.3. The van der Waals surface area contributed by atoms with Crippen molar-refractivity contribution >= 4 is 17.6 Å². The highest BCUT2D eigenvalue weighted by atomic mass is 16.6. The molecule has 3 aromatic carbocycles. The third-order valence-corrected chi connectivity index (χ3v) is 7.40. The van der Waals surface area contributed by atoms with Gasteiger partial charge in [0.25, 0.3) is 0 Å². The third kappa shape index (κ3) is 7.00. The molecule has 5 heteroatoms. The first kappa shape index (κ1) is 26.5. The van der Waals surface area contributed by atoms with Crippen LogP contribution in [0, 0.1) is 11.3 Å². The van der Waals surface area contributed by atoms with Gasteiger partial charge in [0.15, 0.2) is 11.5 Å². The van der Waals surface area contributed by atoms with Gasteiger partial charge in [-0.05, 0) is 90.5 Å². The molecule has 0 saturated heterocycles. The zero-order valence-corrected chi connectivity index (χ0v) is 22.3. The van der Waals surface area contributed by atoms with Gasteiger partial charge < -0.3 is 14.8 Å². The minimum absolute atomic E-state index is 0.107. The molecule has 3 aromatic rings. The number of carbonyl (C=O) groups excluding carboxylic acids is 2. The first-order valence-corrected chi connectivity index (χ1v) is 13.1. The van der Waals surface area contributed by atoms with Gasteiger partial charge in [0.05, 0.1) is 19.1 Å². The molecule has 0 aromatic heterocycles. The Hall–Kier alpha value is -3.60. The van der Waals surface area contributed by atoms with Crippen molar-refractivity contribution in [3.8, 4) is 11.5 Å². The Kier molecular flexibility index (Phi) is 8.32. The summed E-state index contributed by atoms with van der Waals surface area (Å²) in [7, 11) is 1.51. The molecule has 0 unspecified atom stereocenters. The van der Waals surface area contributed by atoms with Crippen LogP contribution < -0.4 is 14.8 Å². The summed E-state index contributed by atoms with van der Waals surface area (Å²) in [4.78, 5) is 25.2. The highest BCUT2D eigenvalue weighted by molar-refractivity contribution is 5.93. The summed E-state index contributed by atoms with van der Waals surface area (Å²) in [6.45, 7) is 7.03. The number of amides is 1. The molecule has 0 radical (unpaired) electrons. The number of methoxy groups -OCH3 is 1. The van der Waals surface area contributed by atoms with E-state index in [1.807, 2.05) is 18.2 Å². The van der Waals surface area contributed by atoms with Crippen molar-refractivity contribution in [1.82, 2.24) is 0 Å². The normalized spacial score (nSPS) is 17.6. The van der Waals surface area contributed by atoms with E-state index >= 15 is 0 Å². The van der Waals surface area contributed by atoms with Crippen molar-refractivity contribution in [2.45, 2.75) is 58.8 Å². The van der Waals surface area contributed by atoms with E-state index in [4.69, 9.17) is 9.47 Å². The van der Waals surface area contributed by atoms with Crippen LogP contribution in [0.1, 0.15) is 73.9 Å². The number of ether oxygens (including phenoxy) is 2. The molecule has 1 saturated carbocycles. The lowest BCUT2D eigenvalue weighted by atomic mass is 9.68. The fraction of sp³-hybridized carbons (Fsp3) is 0.375. The molecule has 1 amide bonds. The lowest BCUT2D eigenvalue weighted by Crippen LogP contribution is -2.25. The first-order valence-electron chi connectivity index (χ1n) is 13.1. The Morgan fingerprint density at radius 1 is 0.865 bits per heavy atom. The minimum Gasteiger partial charge on any atom is -0.493 e. The summed E-state index contributed by atoms with van der Waals surface area (Å²) in [5.41, 5.74) is 3.71. The van der Waals surface area contributed by atoms with E-state index in [9.17, 15) is 9.59 Å². The molecule has 194 valence electrons. The summed E-state index contributed by atoms with van der Waals surface area (Å²) in [5, 5.41) is 3.04. The van der Waals surface area contributed by atoms with Crippen LogP contribution in [-0.4, -0.2) is 19.0 Å². The summed E-state index contributed by atoms with van der Waals surface area (Å²) >= 11 is 0. The summed E-state index contributed by atoms with van der Waals surface area (Å²) in [6, 6.07) is 22.2. The average Bonchev–Trinajstić information content (AvgIpc) is 2.89. The van der Waals surface area contributed by atoms with Gasteiger partial charge in [0, 0.05) is 5.69 Å². The number of carbonyl (C=O) groups is 2. The fourth-order valence-electron chi connectivity index (χ4n) is 5.19. The zero-order chi connectivity index (χ0) is 26.4. The first-order chi connectivity index (χ1) is 17.7. The molecule has 0 atom stereocenters. The number of anilines is 1. The van der Waals surface area contributed by atoms with Crippen molar-refractivity contribution in [2.24, 2.45) is 11.3 Å². The molecule has 0 bridgehead atoms. The van der Waals surface area contributed by atoms with Crippen molar-refractivity contribution < 1.29 is 19.1 Å². The SMILES string of the molecule is COc1cc(CC(=O)Nc2cccc(C3CCC(C(C)(C)C)CC3)c2)ccc1OC(=O)c1ccccc1. The topological polar surface area (TPSA) is 64.6 Å². The molecule has 37 heavy (non-hydrogen) atoms. The Morgan fingerprint density at radius 3 is 2.27 bits per heavy atom. The van der Waals surface area contributed by atoms with Gasteiger partial charge in [-0.15, -0.1) is 0 Å². The number of hydrogen-bond donors (Lipinski definition) is 1. The highest BCUT2D eigenvalue weighted by Gasteiger charge is 2.30. The molecule has 1 aliphatic rings. The molecule has 0 heterocycles. The molecule has 5 nitrogen and oxygen atoms in total. The molecule has 4 rings (SSSR count). The minimum atomic E-state index is -0.462. The van der Waals surface area contributed by atoms with Crippen molar-refractivity contribution in [3.63, 3.8) is 0 Å². The number of esters is 1. The molecule has 0 aliphatic heterocycles. The van der Waals surface area contributed by atoms with Crippen molar-refractivity contribution in [2.75, 3.05) is 12.4 Å². The number of benzene rings is 3. The lowest BCUT2D eigenvalue weighted by molar-refractivity contribution is -0.115. The maximum absolute atomic E-state index is 12.8. The van der Waals surface area contributed by atoms with Crippen LogP contribution in [0.2, 0.25) is 0 Å². The van der Waals surface area contributed by atoms with Gasteiger partial charge in [0.1, 0.15) is 0 Å². The predicted molar refractivity (Wildman–Crippen MR) is 147 cm³/mol. The molecule has 1 aliphatic carbocycles. The Balaban J connectivity index is 1.36. The van der Waals surface area contributed by atoms with Crippen LogP contribution in [0.5, 0.6) is 11.5 Å².